The molecule has 3 aliphatic rings. The zero-order valence-corrected chi connectivity index (χ0v) is 14.9. The van der Waals surface area contributed by atoms with E-state index in [1.165, 1.54) is 24.9 Å². The van der Waals surface area contributed by atoms with Gasteiger partial charge in [0, 0.05) is 51.0 Å². The summed E-state index contributed by atoms with van der Waals surface area (Å²) in [6, 6.07) is 6.28. The molecule has 1 aromatic rings. The van der Waals surface area contributed by atoms with E-state index in [-0.39, 0.29) is 12.5 Å². The number of piperazine rings is 1. The Morgan fingerprint density at radius 3 is 2.60 bits per heavy atom. The quantitative estimate of drug-likeness (QED) is 0.892. The lowest BCUT2D eigenvalue weighted by Gasteiger charge is -2.34. The van der Waals surface area contributed by atoms with E-state index in [1.54, 1.807) is 0 Å². The summed E-state index contributed by atoms with van der Waals surface area (Å²) in [6.07, 6.45) is 3.90. The van der Waals surface area contributed by atoms with Crippen molar-refractivity contribution in [2.45, 2.75) is 19.3 Å². The fraction of sp³-hybridized carbons (Fsp3) is 0.632. The molecular formula is C19H28N4O2. The molecule has 136 valence electrons. The first-order valence-electron chi connectivity index (χ1n) is 9.56. The third-order valence-corrected chi connectivity index (χ3v) is 5.46. The average Bonchev–Trinajstić information content (AvgIpc) is 2.68. The van der Waals surface area contributed by atoms with Crippen molar-refractivity contribution in [3.8, 4) is 5.75 Å². The first kappa shape index (κ1) is 16.7. The molecule has 6 heteroatoms. The molecule has 0 aromatic heterocycles. The van der Waals surface area contributed by atoms with Crippen molar-refractivity contribution in [1.82, 2.24) is 10.2 Å². The Bertz CT molecular complexity index is 609. The van der Waals surface area contributed by atoms with Crippen LogP contribution in [0, 0.1) is 0 Å². The number of anilines is 2. The number of nitrogens with zero attached hydrogens (tertiary/aromatic N) is 3. The Labute approximate surface area is 149 Å². The van der Waals surface area contributed by atoms with Crippen molar-refractivity contribution in [2.24, 2.45) is 0 Å². The largest absolute Gasteiger partial charge is 0.481 e. The summed E-state index contributed by atoms with van der Waals surface area (Å²) in [7, 11) is 0. The Hall–Kier alpha value is -1.79. The van der Waals surface area contributed by atoms with E-state index in [2.05, 4.69) is 33.3 Å². The van der Waals surface area contributed by atoms with Gasteiger partial charge in [-0.1, -0.05) is 6.42 Å². The molecule has 1 aromatic carbocycles. The Morgan fingerprint density at radius 1 is 1.00 bits per heavy atom. The van der Waals surface area contributed by atoms with Crippen LogP contribution in [0.4, 0.5) is 11.4 Å². The number of ether oxygens (including phenoxy) is 1. The second-order valence-corrected chi connectivity index (χ2v) is 7.13. The third kappa shape index (κ3) is 3.75. The maximum Gasteiger partial charge on any atom is 0.265 e. The van der Waals surface area contributed by atoms with Crippen molar-refractivity contribution < 1.29 is 9.53 Å². The van der Waals surface area contributed by atoms with Gasteiger partial charge in [-0.25, -0.2) is 0 Å². The van der Waals surface area contributed by atoms with E-state index in [0.29, 0.717) is 0 Å². The monoisotopic (exact) mass is 344 g/mol. The summed E-state index contributed by atoms with van der Waals surface area (Å²) in [4.78, 5) is 19.1. The third-order valence-electron chi connectivity index (χ3n) is 5.46. The first-order valence-corrected chi connectivity index (χ1v) is 9.56. The normalized spacial score (nSPS) is 21.8. The van der Waals surface area contributed by atoms with E-state index in [0.717, 1.165) is 63.8 Å². The molecule has 1 N–H and O–H groups in total. The predicted molar refractivity (Wildman–Crippen MR) is 99.7 cm³/mol. The molecule has 0 aliphatic carbocycles. The van der Waals surface area contributed by atoms with Crippen molar-refractivity contribution in [3.05, 3.63) is 18.2 Å². The minimum absolute atomic E-state index is 0.0689. The van der Waals surface area contributed by atoms with E-state index >= 15 is 0 Å². The van der Waals surface area contributed by atoms with Gasteiger partial charge in [0.05, 0.1) is 5.69 Å². The smallest absolute Gasteiger partial charge is 0.265 e. The molecule has 25 heavy (non-hydrogen) atoms. The number of carbonyl (C=O) groups excluding carboxylic acids is 1. The number of fused-ring (bicyclic) bond motifs is 1. The van der Waals surface area contributed by atoms with Gasteiger partial charge in [0.1, 0.15) is 5.75 Å². The molecule has 3 heterocycles. The van der Waals surface area contributed by atoms with Gasteiger partial charge in [-0.05, 0) is 38.1 Å². The average molecular weight is 344 g/mol. The molecule has 0 saturated carbocycles. The fourth-order valence-electron chi connectivity index (χ4n) is 3.98. The van der Waals surface area contributed by atoms with Crippen LogP contribution in [0.15, 0.2) is 18.2 Å². The van der Waals surface area contributed by atoms with Gasteiger partial charge in [0.2, 0.25) is 0 Å². The first-order chi connectivity index (χ1) is 12.3. The van der Waals surface area contributed by atoms with Gasteiger partial charge in [0.15, 0.2) is 6.61 Å². The number of nitrogens with one attached hydrogen (secondary N) is 1. The number of amides is 1. The van der Waals surface area contributed by atoms with Crippen molar-refractivity contribution in [2.75, 3.05) is 68.8 Å². The number of hydrogen-bond donors (Lipinski definition) is 1. The van der Waals surface area contributed by atoms with Crippen LogP contribution in [0.1, 0.15) is 19.3 Å². The highest BCUT2D eigenvalue weighted by Gasteiger charge is 2.27. The predicted octanol–water partition coefficient (Wildman–Crippen LogP) is 1.31. The van der Waals surface area contributed by atoms with Gasteiger partial charge >= 0.3 is 0 Å². The highest BCUT2D eigenvalue weighted by atomic mass is 16.5. The molecule has 0 radical (unpaired) electrons. The maximum atomic E-state index is 12.4. The number of carbonyl (C=O) groups is 1. The van der Waals surface area contributed by atoms with Crippen LogP contribution in [-0.2, 0) is 4.79 Å². The molecule has 3 aliphatic heterocycles. The summed E-state index contributed by atoms with van der Waals surface area (Å²) in [5.74, 6) is 0.911. The number of likely N-dealkylation sites (tertiary alicyclic amines) is 1. The minimum Gasteiger partial charge on any atom is -0.481 e. The lowest BCUT2D eigenvalue weighted by Crippen LogP contribution is -2.45. The summed E-state index contributed by atoms with van der Waals surface area (Å²) < 4.78 is 5.74. The molecule has 0 atom stereocenters. The molecule has 2 saturated heterocycles. The van der Waals surface area contributed by atoms with Crippen LogP contribution in [0.2, 0.25) is 0 Å². The molecule has 2 fully saturated rings. The van der Waals surface area contributed by atoms with E-state index in [4.69, 9.17) is 4.74 Å². The van der Waals surface area contributed by atoms with Crippen molar-refractivity contribution in [3.63, 3.8) is 0 Å². The van der Waals surface area contributed by atoms with E-state index in [1.807, 2.05) is 4.90 Å². The Kier molecular flexibility index (Phi) is 5.08. The molecule has 0 spiro atoms. The number of benzene rings is 1. The standard InChI is InChI=1S/C19H28N4O2/c24-19-15-25-18-14-16(22-10-6-20-7-11-22)4-5-17(18)23(19)13-12-21-8-2-1-3-9-21/h4-5,14,20H,1-3,6-13,15H2. The highest BCUT2D eigenvalue weighted by Crippen LogP contribution is 2.35. The van der Waals surface area contributed by atoms with Crippen LogP contribution in [-0.4, -0.2) is 69.8 Å². The molecule has 0 unspecified atom stereocenters. The summed E-state index contributed by atoms with van der Waals surface area (Å²) in [5, 5.41) is 3.38. The fourth-order valence-corrected chi connectivity index (χ4v) is 3.98. The molecule has 0 bridgehead atoms. The van der Waals surface area contributed by atoms with Gasteiger partial charge in [0.25, 0.3) is 5.91 Å². The number of piperidine rings is 1. The Balaban J connectivity index is 1.47. The van der Waals surface area contributed by atoms with E-state index < -0.39 is 0 Å². The second-order valence-electron chi connectivity index (χ2n) is 7.13. The van der Waals surface area contributed by atoms with Crippen LogP contribution in [0.5, 0.6) is 5.75 Å². The second kappa shape index (κ2) is 7.62. The van der Waals surface area contributed by atoms with E-state index in [9.17, 15) is 4.79 Å². The van der Waals surface area contributed by atoms with Gasteiger partial charge in [-0.2, -0.15) is 0 Å². The molecule has 1 amide bonds. The SMILES string of the molecule is O=C1COc2cc(N3CCNCC3)ccc2N1CCN1CCCCC1. The van der Waals surface area contributed by atoms with Gasteiger partial charge in [-0.15, -0.1) is 0 Å². The van der Waals surface area contributed by atoms with Crippen LogP contribution < -0.4 is 19.9 Å². The van der Waals surface area contributed by atoms with Gasteiger partial charge < -0.3 is 24.8 Å². The van der Waals surface area contributed by atoms with Crippen molar-refractivity contribution >= 4 is 17.3 Å². The summed E-state index contributed by atoms with van der Waals surface area (Å²) in [5.41, 5.74) is 2.11. The zero-order chi connectivity index (χ0) is 17.1. The Morgan fingerprint density at radius 2 is 1.80 bits per heavy atom. The molecule has 6 nitrogen and oxygen atoms in total. The minimum atomic E-state index is 0.0689. The summed E-state index contributed by atoms with van der Waals surface area (Å²) in [6.45, 7) is 8.22. The number of hydrogen-bond acceptors (Lipinski definition) is 5. The molecule has 4 rings (SSSR count). The van der Waals surface area contributed by atoms with Crippen LogP contribution in [0.3, 0.4) is 0 Å². The number of rotatable bonds is 4. The summed E-state index contributed by atoms with van der Waals surface area (Å²) >= 11 is 0. The molecular weight excluding hydrogens is 316 g/mol. The lowest BCUT2D eigenvalue weighted by molar-refractivity contribution is -0.121. The zero-order valence-electron chi connectivity index (χ0n) is 14.9. The van der Waals surface area contributed by atoms with Gasteiger partial charge in [-0.3, -0.25) is 4.79 Å². The van der Waals surface area contributed by atoms with Crippen molar-refractivity contribution in [1.29, 1.82) is 0 Å². The van der Waals surface area contributed by atoms with Crippen LogP contribution in [0.25, 0.3) is 0 Å². The maximum absolute atomic E-state index is 12.4. The highest BCUT2D eigenvalue weighted by molar-refractivity contribution is 5.98. The van der Waals surface area contributed by atoms with Crippen LogP contribution >= 0.6 is 0 Å². The lowest BCUT2D eigenvalue weighted by atomic mass is 10.1. The topological polar surface area (TPSA) is 48.1 Å².